The lowest BCUT2D eigenvalue weighted by Gasteiger charge is -2.07. The molecule has 0 fully saturated rings. The third kappa shape index (κ3) is 2.26. The Labute approximate surface area is 89.1 Å². The summed E-state index contributed by atoms with van der Waals surface area (Å²) in [6, 6.07) is 9.98. The van der Waals surface area contributed by atoms with Crippen LogP contribution in [0.25, 0.3) is 0 Å². The molecule has 1 heterocycles. The lowest BCUT2D eigenvalue weighted by molar-refractivity contribution is 0.833. The maximum atomic E-state index is 4.23. The standard InChI is InChI=1S/C12H13N3/c1-2-9-15-10-8-13-12(15)14-11-6-4-3-5-7-11/h2-8,10H,1,9H2,(H,13,14). The van der Waals surface area contributed by atoms with Crippen LogP contribution in [0.1, 0.15) is 0 Å². The minimum absolute atomic E-state index is 0.759. The van der Waals surface area contributed by atoms with Gasteiger partial charge in [-0.1, -0.05) is 24.3 Å². The van der Waals surface area contributed by atoms with Gasteiger partial charge in [0.25, 0.3) is 0 Å². The van der Waals surface area contributed by atoms with Gasteiger partial charge in [-0.15, -0.1) is 6.58 Å². The number of nitrogens with one attached hydrogen (secondary N) is 1. The lowest BCUT2D eigenvalue weighted by Crippen LogP contribution is -2.01. The number of hydrogen-bond acceptors (Lipinski definition) is 2. The summed E-state index contributed by atoms with van der Waals surface area (Å²) in [5.41, 5.74) is 1.04. The van der Waals surface area contributed by atoms with Crippen molar-refractivity contribution in [2.75, 3.05) is 5.32 Å². The van der Waals surface area contributed by atoms with E-state index in [1.165, 1.54) is 0 Å². The van der Waals surface area contributed by atoms with Gasteiger partial charge in [-0.05, 0) is 12.1 Å². The first-order valence-corrected chi connectivity index (χ1v) is 4.84. The summed E-state index contributed by atoms with van der Waals surface area (Å²) in [4.78, 5) is 4.23. The number of rotatable bonds is 4. The highest BCUT2D eigenvalue weighted by Crippen LogP contribution is 2.13. The topological polar surface area (TPSA) is 29.9 Å². The summed E-state index contributed by atoms with van der Waals surface area (Å²) in [5.74, 6) is 0.834. The molecule has 76 valence electrons. The van der Waals surface area contributed by atoms with E-state index in [9.17, 15) is 0 Å². The second-order valence-corrected chi connectivity index (χ2v) is 3.18. The van der Waals surface area contributed by atoms with E-state index >= 15 is 0 Å². The van der Waals surface area contributed by atoms with E-state index in [0.29, 0.717) is 0 Å². The monoisotopic (exact) mass is 199 g/mol. The number of allylic oxidation sites excluding steroid dienone is 1. The van der Waals surface area contributed by atoms with Gasteiger partial charge in [-0.25, -0.2) is 4.98 Å². The van der Waals surface area contributed by atoms with Gasteiger partial charge in [0, 0.05) is 24.6 Å². The van der Waals surface area contributed by atoms with Gasteiger partial charge in [0.2, 0.25) is 5.95 Å². The van der Waals surface area contributed by atoms with E-state index in [4.69, 9.17) is 0 Å². The van der Waals surface area contributed by atoms with Crippen molar-refractivity contribution in [2.45, 2.75) is 6.54 Å². The average Bonchev–Trinajstić information content (AvgIpc) is 2.68. The number of nitrogens with zero attached hydrogens (tertiary/aromatic N) is 2. The van der Waals surface area contributed by atoms with Crippen molar-refractivity contribution in [3.8, 4) is 0 Å². The molecular formula is C12H13N3. The van der Waals surface area contributed by atoms with Crippen LogP contribution >= 0.6 is 0 Å². The molecule has 0 saturated heterocycles. The number of imidazole rings is 1. The summed E-state index contributed by atoms with van der Waals surface area (Å²) < 4.78 is 2.00. The van der Waals surface area contributed by atoms with Crippen molar-refractivity contribution in [3.05, 3.63) is 55.4 Å². The SMILES string of the molecule is C=CCn1ccnc1Nc1ccccc1. The van der Waals surface area contributed by atoms with Crippen LogP contribution in [0.15, 0.2) is 55.4 Å². The van der Waals surface area contributed by atoms with Gasteiger partial charge in [0.1, 0.15) is 0 Å². The minimum atomic E-state index is 0.759. The Balaban J connectivity index is 2.17. The quantitative estimate of drug-likeness (QED) is 0.767. The van der Waals surface area contributed by atoms with Gasteiger partial charge in [0.05, 0.1) is 0 Å². The van der Waals surface area contributed by atoms with Gasteiger partial charge >= 0.3 is 0 Å². The molecule has 0 spiro atoms. The minimum Gasteiger partial charge on any atom is -0.326 e. The number of anilines is 2. The van der Waals surface area contributed by atoms with Crippen molar-refractivity contribution in [2.24, 2.45) is 0 Å². The van der Waals surface area contributed by atoms with Gasteiger partial charge in [-0.3, -0.25) is 0 Å². The number of benzene rings is 1. The number of para-hydroxylation sites is 1. The Morgan fingerprint density at radius 2 is 2.13 bits per heavy atom. The molecule has 1 aromatic heterocycles. The molecule has 0 aliphatic heterocycles. The molecule has 0 aliphatic rings. The first-order chi connectivity index (χ1) is 7.40. The smallest absolute Gasteiger partial charge is 0.207 e. The van der Waals surface area contributed by atoms with E-state index in [2.05, 4.69) is 16.9 Å². The first-order valence-electron chi connectivity index (χ1n) is 4.84. The third-order valence-electron chi connectivity index (χ3n) is 2.07. The molecule has 1 aromatic carbocycles. The highest BCUT2D eigenvalue weighted by molar-refractivity contribution is 5.53. The average molecular weight is 199 g/mol. The van der Waals surface area contributed by atoms with Crippen LogP contribution in [0.2, 0.25) is 0 Å². The molecule has 0 amide bonds. The van der Waals surface area contributed by atoms with E-state index in [0.717, 1.165) is 18.2 Å². The summed E-state index contributed by atoms with van der Waals surface area (Å²) in [7, 11) is 0. The second-order valence-electron chi connectivity index (χ2n) is 3.18. The van der Waals surface area contributed by atoms with E-state index < -0.39 is 0 Å². The molecule has 2 aromatic rings. The molecule has 0 bridgehead atoms. The van der Waals surface area contributed by atoms with Crippen molar-refractivity contribution >= 4 is 11.6 Å². The fraction of sp³-hybridized carbons (Fsp3) is 0.0833. The summed E-state index contributed by atoms with van der Waals surface area (Å²) >= 11 is 0. The van der Waals surface area contributed by atoms with Crippen LogP contribution in [0, 0.1) is 0 Å². The predicted octanol–water partition coefficient (Wildman–Crippen LogP) is 2.81. The summed E-state index contributed by atoms with van der Waals surface area (Å²) in [6.45, 7) is 4.47. The fourth-order valence-corrected chi connectivity index (χ4v) is 1.37. The normalized spacial score (nSPS) is 9.87. The molecule has 3 nitrogen and oxygen atoms in total. The fourth-order valence-electron chi connectivity index (χ4n) is 1.37. The Bertz CT molecular complexity index is 431. The molecule has 0 atom stereocenters. The van der Waals surface area contributed by atoms with Crippen LogP contribution in [-0.4, -0.2) is 9.55 Å². The summed E-state index contributed by atoms with van der Waals surface area (Å²) in [6.07, 6.45) is 5.54. The largest absolute Gasteiger partial charge is 0.326 e. The van der Waals surface area contributed by atoms with E-state index in [-0.39, 0.29) is 0 Å². The zero-order valence-electron chi connectivity index (χ0n) is 8.43. The zero-order chi connectivity index (χ0) is 10.5. The van der Waals surface area contributed by atoms with Crippen molar-refractivity contribution in [1.29, 1.82) is 0 Å². The van der Waals surface area contributed by atoms with Crippen LogP contribution < -0.4 is 5.32 Å². The van der Waals surface area contributed by atoms with Crippen LogP contribution in [0.4, 0.5) is 11.6 Å². The Morgan fingerprint density at radius 1 is 1.33 bits per heavy atom. The van der Waals surface area contributed by atoms with E-state index in [1.807, 2.05) is 47.2 Å². The Morgan fingerprint density at radius 3 is 2.87 bits per heavy atom. The molecular weight excluding hydrogens is 186 g/mol. The highest BCUT2D eigenvalue weighted by atomic mass is 15.2. The maximum absolute atomic E-state index is 4.23. The molecule has 0 saturated carbocycles. The van der Waals surface area contributed by atoms with Gasteiger partial charge in [0.15, 0.2) is 0 Å². The van der Waals surface area contributed by atoms with Crippen molar-refractivity contribution in [3.63, 3.8) is 0 Å². The molecule has 15 heavy (non-hydrogen) atoms. The zero-order valence-corrected chi connectivity index (χ0v) is 8.43. The van der Waals surface area contributed by atoms with Crippen molar-refractivity contribution in [1.82, 2.24) is 9.55 Å². The van der Waals surface area contributed by atoms with Crippen molar-refractivity contribution < 1.29 is 0 Å². The van der Waals surface area contributed by atoms with Crippen LogP contribution in [0.5, 0.6) is 0 Å². The van der Waals surface area contributed by atoms with Gasteiger partial charge in [-0.2, -0.15) is 0 Å². The number of hydrogen-bond donors (Lipinski definition) is 1. The molecule has 0 radical (unpaired) electrons. The first kappa shape index (κ1) is 9.52. The van der Waals surface area contributed by atoms with Crippen LogP contribution in [-0.2, 0) is 6.54 Å². The molecule has 3 heteroatoms. The summed E-state index contributed by atoms with van der Waals surface area (Å²) in [5, 5.41) is 3.24. The molecule has 2 rings (SSSR count). The molecule has 0 unspecified atom stereocenters. The van der Waals surface area contributed by atoms with Crippen LogP contribution in [0.3, 0.4) is 0 Å². The third-order valence-corrected chi connectivity index (χ3v) is 2.07. The Kier molecular flexibility index (Phi) is 2.83. The lowest BCUT2D eigenvalue weighted by atomic mass is 10.3. The highest BCUT2D eigenvalue weighted by Gasteiger charge is 2.00. The number of aromatic nitrogens is 2. The van der Waals surface area contributed by atoms with Gasteiger partial charge < -0.3 is 9.88 Å². The Hall–Kier alpha value is -2.03. The maximum Gasteiger partial charge on any atom is 0.207 e. The molecule has 0 aliphatic carbocycles. The predicted molar refractivity (Wildman–Crippen MR) is 62.1 cm³/mol. The van der Waals surface area contributed by atoms with E-state index in [1.54, 1.807) is 6.20 Å². The molecule has 1 N–H and O–H groups in total. The second kappa shape index (κ2) is 4.46.